The molecule has 2 aromatic rings. The Labute approximate surface area is 190 Å². The largest absolute Gasteiger partial charge is 1.00 e. The molecule has 2 aromatic carbocycles. The molecule has 0 radical (unpaired) electrons. The molecule has 0 aromatic heterocycles. The molecule has 0 heterocycles. The van der Waals surface area contributed by atoms with Crippen LogP contribution in [0.25, 0.3) is 4.65 Å². The molecule has 0 saturated heterocycles. The van der Waals surface area contributed by atoms with Crippen LogP contribution in [-0.2, 0) is 0 Å². The van der Waals surface area contributed by atoms with Gasteiger partial charge in [-0.15, -0.1) is 0 Å². The summed E-state index contributed by atoms with van der Waals surface area (Å²) in [6.45, 7) is 9.15. The van der Waals surface area contributed by atoms with Gasteiger partial charge in [0.15, 0.2) is 0 Å². The van der Waals surface area contributed by atoms with E-state index in [4.69, 9.17) is 14.1 Å². The molecule has 0 N–H and O–H groups in total. The molecule has 0 atom stereocenters. The van der Waals surface area contributed by atoms with E-state index < -0.39 is 16.5 Å². The van der Waals surface area contributed by atoms with Gasteiger partial charge in [0.05, 0.1) is 14.2 Å². The molecule has 0 unspecified atom stereocenters. The van der Waals surface area contributed by atoms with Gasteiger partial charge in [-0.1, -0.05) is 62.6 Å². The zero-order valence-corrected chi connectivity index (χ0v) is 21.0. The number of hydrogen-bond acceptors (Lipinski definition) is 2. The van der Waals surface area contributed by atoms with Gasteiger partial charge < -0.3 is 14.1 Å². The minimum Gasteiger partial charge on any atom is -0.659 e. The van der Waals surface area contributed by atoms with Crippen LogP contribution in [0.15, 0.2) is 48.5 Å². The molecule has 0 saturated carbocycles. The minimum atomic E-state index is -1.99. The summed E-state index contributed by atoms with van der Waals surface area (Å²) in [7, 11) is -0.529. The maximum atomic E-state index is 5.56. The number of rotatable bonds is 6. The summed E-state index contributed by atoms with van der Waals surface area (Å²) in [5.41, 5.74) is 0. The van der Waals surface area contributed by atoms with E-state index in [2.05, 4.69) is 50.5 Å². The number of para-hydroxylation sites is 2. The molecular weight excluding hydrogens is 357 g/mol. The van der Waals surface area contributed by atoms with Crippen LogP contribution in [0.2, 0.25) is 26.2 Å². The van der Waals surface area contributed by atoms with Crippen molar-refractivity contribution in [1.29, 1.82) is 0 Å². The molecule has 124 valence electrons. The molecule has 6 heteroatoms. The molecule has 0 aliphatic carbocycles. The van der Waals surface area contributed by atoms with E-state index >= 15 is 0 Å². The molecule has 3 nitrogen and oxygen atoms in total. The summed E-state index contributed by atoms with van der Waals surface area (Å²) in [5.74, 6) is 1.88. The third-order valence-corrected chi connectivity index (χ3v) is 12.0. The van der Waals surface area contributed by atoms with Crippen molar-refractivity contribution in [2.24, 2.45) is 0 Å². The normalized spacial score (nSPS) is 11.6. The summed E-state index contributed by atoms with van der Waals surface area (Å²) in [5, 5.41) is 2.50. The Bertz CT molecular complexity index is 620. The van der Waals surface area contributed by atoms with Gasteiger partial charge in [-0.05, 0) is 39.0 Å². The van der Waals surface area contributed by atoms with Gasteiger partial charge in [0, 0.05) is 0 Å². The molecule has 0 bridgehead atoms. The van der Waals surface area contributed by atoms with E-state index in [1.807, 2.05) is 24.3 Å². The molecule has 0 aliphatic heterocycles. The summed E-state index contributed by atoms with van der Waals surface area (Å²) < 4.78 is 16.5. The van der Waals surface area contributed by atoms with E-state index in [0.29, 0.717) is 0 Å². The fourth-order valence-corrected chi connectivity index (χ4v) is 12.3. The number of nitrogens with zero attached hydrogens (tertiary/aromatic N) is 1. The van der Waals surface area contributed by atoms with Crippen molar-refractivity contribution in [2.75, 3.05) is 14.2 Å². The third-order valence-electron chi connectivity index (χ3n) is 4.09. The van der Waals surface area contributed by atoms with Gasteiger partial charge in [-0.2, -0.15) is 0 Å². The fourth-order valence-electron chi connectivity index (χ4n) is 3.12. The number of benzene rings is 2. The van der Waals surface area contributed by atoms with Gasteiger partial charge in [0.2, 0.25) is 0 Å². The van der Waals surface area contributed by atoms with E-state index in [-0.39, 0.29) is 51.4 Å². The van der Waals surface area contributed by atoms with Gasteiger partial charge in [0.1, 0.15) is 11.5 Å². The van der Waals surface area contributed by atoms with Crippen LogP contribution in [0.1, 0.15) is 0 Å². The van der Waals surface area contributed by atoms with E-state index in [1.54, 1.807) is 14.2 Å². The predicted octanol–water partition coefficient (Wildman–Crippen LogP) is 0.606. The van der Waals surface area contributed by atoms with Crippen molar-refractivity contribution in [3.8, 4) is 11.5 Å². The Morgan fingerprint density at radius 1 is 0.667 bits per heavy atom. The van der Waals surface area contributed by atoms with E-state index in [9.17, 15) is 0 Å². The van der Waals surface area contributed by atoms with Crippen molar-refractivity contribution >= 4 is 26.8 Å². The summed E-state index contributed by atoms with van der Waals surface area (Å²) in [6, 6.07) is 16.5. The molecule has 0 fully saturated rings. The zero-order chi connectivity index (χ0) is 17.1. The van der Waals surface area contributed by atoms with Gasteiger partial charge in [-0.25, -0.2) is 0 Å². The Balaban J connectivity index is 0.00000288. The predicted molar refractivity (Wildman–Crippen MR) is 104 cm³/mol. The Hall–Kier alpha value is 0.0701. The average molecular weight is 384 g/mol. The first-order valence-electron chi connectivity index (χ1n) is 7.83. The summed E-state index contributed by atoms with van der Waals surface area (Å²) in [4.78, 5) is 0. The molecule has 0 amide bonds. The SMILES string of the molecule is COc1ccccc1[Si](C)(C)[N-][Si](C)(C)c1ccccc1OC.[K+]. The Morgan fingerprint density at radius 2 is 1.00 bits per heavy atom. The third kappa shape index (κ3) is 5.04. The van der Waals surface area contributed by atoms with Crippen molar-refractivity contribution in [3.63, 3.8) is 0 Å². The second kappa shape index (κ2) is 9.14. The number of ether oxygens (including phenoxy) is 2. The van der Waals surface area contributed by atoms with Crippen LogP contribution in [-0.4, -0.2) is 30.7 Å². The van der Waals surface area contributed by atoms with Crippen LogP contribution in [0.3, 0.4) is 0 Å². The monoisotopic (exact) mass is 383 g/mol. The van der Waals surface area contributed by atoms with Crippen LogP contribution in [0, 0.1) is 0 Å². The molecule has 2 rings (SSSR count). The Morgan fingerprint density at radius 3 is 1.33 bits per heavy atom. The second-order valence-corrected chi connectivity index (χ2v) is 14.8. The Kier molecular flexibility index (Phi) is 8.42. The van der Waals surface area contributed by atoms with Crippen molar-refractivity contribution in [2.45, 2.75) is 26.2 Å². The molecular formula is C18H26KNO2Si2. The van der Waals surface area contributed by atoms with Crippen molar-refractivity contribution in [3.05, 3.63) is 53.2 Å². The summed E-state index contributed by atoms with van der Waals surface area (Å²) >= 11 is 0. The maximum absolute atomic E-state index is 5.56. The zero-order valence-electron chi connectivity index (χ0n) is 15.9. The first-order chi connectivity index (χ1) is 10.8. The second-order valence-electron chi connectivity index (χ2n) is 6.63. The smallest absolute Gasteiger partial charge is 0.659 e. The molecule has 24 heavy (non-hydrogen) atoms. The first kappa shape index (κ1) is 22.1. The topological polar surface area (TPSA) is 32.6 Å². The van der Waals surface area contributed by atoms with Gasteiger partial charge in [-0.3, -0.25) is 0 Å². The maximum Gasteiger partial charge on any atom is 1.00 e. The van der Waals surface area contributed by atoms with Gasteiger partial charge in [0.25, 0.3) is 0 Å². The number of methoxy groups -OCH3 is 2. The van der Waals surface area contributed by atoms with Gasteiger partial charge >= 0.3 is 51.4 Å². The first-order valence-corrected chi connectivity index (χ1v) is 13.7. The van der Waals surface area contributed by atoms with Crippen molar-refractivity contribution < 1.29 is 60.9 Å². The van der Waals surface area contributed by atoms with Crippen LogP contribution >= 0.6 is 0 Å². The quantitative estimate of drug-likeness (QED) is 0.685. The molecule has 0 aliphatic rings. The summed E-state index contributed by atoms with van der Waals surface area (Å²) in [6.07, 6.45) is 0. The molecule has 0 spiro atoms. The fraction of sp³-hybridized carbons (Fsp3) is 0.333. The van der Waals surface area contributed by atoms with Crippen molar-refractivity contribution in [1.82, 2.24) is 0 Å². The van der Waals surface area contributed by atoms with Crippen LogP contribution in [0.4, 0.5) is 0 Å². The standard InChI is InChI=1S/C18H26NO2Si2.K/c1-20-15-11-7-9-13-17(15)22(3,4)19-23(5,6)18-14-10-8-12-16(18)21-2;/h7-14H,1-6H3;/q-1;+1. The minimum absolute atomic E-state index is 0. The average Bonchev–Trinajstić information content (AvgIpc) is 2.53. The number of hydrogen-bond donors (Lipinski definition) is 0. The van der Waals surface area contributed by atoms with Crippen LogP contribution in [0.5, 0.6) is 11.5 Å². The van der Waals surface area contributed by atoms with E-state index in [1.165, 1.54) is 10.4 Å². The van der Waals surface area contributed by atoms with Crippen LogP contribution < -0.4 is 71.2 Å². The van der Waals surface area contributed by atoms with E-state index in [0.717, 1.165) is 11.5 Å².